The Labute approximate surface area is 270 Å². The lowest BCUT2D eigenvalue weighted by atomic mass is 10.0. The molecule has 0 aliphatic carbocycles. The van der Waals surface area contributed by atoms with Crippen LogP contribution in [0.1, 0.15) is 199 Å². The van der Waals surface area contributed by atoms with E-state index in [0.717, 1.165) is 5.88 Å². The molecule has 41 heavy (non-hydrogen) atoms. The lowest BCUT2D eigenvalue weighted by Crippen LogP contribution is -3.00. The molecular formula is C38H73Cl2N. The monoisotopic (exact) mass is 614 g/mol. The number of pyridine rings is 1. The molecule has 0 saturated carbocycles. The van der Waals surface area contributed by atoms with Gasteiger partial charge in [-0.05, 0) is 25.3 Å². The van der Waals surface area contributed by atoms with Gasteiger partial charge in [-0.1, -0.05) is 174 Å². The van der Waals surface area contributed by atoms with Crippen molar-refractivity contribution in [2.45, 2.75) is 207 Å². The van der Waals surface area contributed by atoms with E-state index >= 15 is 0 Å². The van der Waals surface area contributed by atoms with Gasteiger partial charge in [0.2, 0.25) is 0 Å². The summed E-state index contributed by atoms with van der Waals surface area (Å²) in [5.41, 5.74) is 1.35. The summed E-state index contributed by atoms with van der Waals surface area (Å²) in [6.45, 7) is 7.91. The second-order valence-electron chi connectivity index (χ2n) is 12.5. The molecule has 0 saturated heterocycles. The number of nitrogens with zero attached hydrogens (tertiary/aromatic N) is 1. The van der Waals surface area contributed by atoms with E-state index in [-0.39, 0.29) is 12.4 Å². The maximum atomic E-state index is 5.64. The van der Waals surface area contributed by atoms with Crippen molar-refractivity contribution in [1.82, 2.24) is 0 Å². The average Bonchev–Trinajstić information content (AvgIpc) is 2.97. The Hall–Kier alpha value is -0.270. The van der Waals surface area contributed by atoms with Crippen LogP contribution in [0.2, 0.25) is 0 Å². The fourth-order valence-corrected chi connectivity index (χ4v) is 5.65. The molecule has 0 radical (unpaired) electrons. The molecule has 1 rings (SSSR count). The highest BCUT2D eigenvalue weighted by molar-refractivity contribution is 6.17. The van der Waals surface area contributed by atoms with Crippen LogP contribution >= 0.6 is 11.6 Å². The summed E-state index contributed by atoms with van der Waals surface area (Å²) in [5, 5.41) is 0. The van der Waals surface area contributed by atoms with Crippen molar-refractivity contribution >= 4 is 11.6 Å². The highest BCUT2D eigenvalue weighted by Crippen LogP contribution is 2.14. The minimum absolute atomic E-state index is 0. The van der Waals surface area contributed by atoms with E-state index in [4.69, 9.17) is 11.6 Å². The molecule has 0 amide bonds. The number of aryl methyl sites for hydroxylation is 2. The highest BCUT2D eigenvalue weighted by atomic mass is 35.5. The van der Waals surface area contributed by atoms with E-state index < -0.39 is 0 Å². The molecule has 0 bridgehead atoms. The van der Waals surface area contributed by atoms with Gasteiger partial charge in [-0.25, -0.2) is 4.57 Å². The first kappa shape index (κ1) is 42.9. The van der Waals surface area contributed by atoms with Crippen LogP contribution in [0.5, 0.6) is 0 Å². The van der Waals surface area contributed by atoms with Crippen molar-refractivity contribution in [1.29, 1.82) is 0 Å². The van der Waals surface area contributed by atoms with Crippen molar-refractivity contribution in [2.75, 3.05) is 5.88 Å². The third kappa shape index (κ3) is 35.8. The van der Waals surface area contributed by atoms with Gasteiger partial charge in [-0.15, -0.1) is 11.6 Å². The van der Waals surface area contributed by atoms with E-state index in [1.807, 2.05) is 0 Å². The lowest BCUT2D eigenvalue weighted by Gasteiger charge is -2.03. The van der Waals surface area contributed by atoms with Gasteiger partial charge in [0.05, 0.1) is 0 Å². The maximum Gasteiger partial charge on any atom is 0.169 e. The van der Waals surface area contributed by atoms with E-state index in [1.54, 1.807) is 0 Å². The minimum atomic E-state index is 0. The Balaban J connectivity index is 0. The molecule has 3 heteroatoms. The molecule has 0 fully saturated rings. The van der Waals surface area contributed by atoms with Gasteiger partial charge in [0.25, 0.3) is 0 Å². The minimum Gasteiger partial charge on any atom is -1.00 e. The fraction of sp³-hybridized carbons (Fsp3) is 0.868. The summed E-state index contributed by atoms with van der Waals surface area (Å²) in [6, 6.07) is 4.40. The third-order valence-electron chi connectivity index (χ3n) is 8.31. The van der Waals surface area contributed by atoms with Gasteiger partial charge >= 0.3 is 0 Å². The normalized spacial score (nSPS) is 10.7. The summed E-state index contributed by atoms with van der Waals surface area (Å²) in [6.07, 6.45) is 44.3. The van der Waals surface area contributed by atoms with Gasteiger partial charge in [-0.2, -0.15) is 0 Å². The summed E-state index contributed by atoms with van der Waals surface area (Å²) in [7, 11) is 0. The topological polar surface area (TPSA) is 3.88 Å². The van der Waals surface area contributed by atoms with E-state index in [1.165, 1.54) is 192 Å². The molecule has 1 aromatic heterocycles. The summed E-state index contributed by atoms with van der Waals surface area (Å²) >= 11 is 5.64. The van der Waals surface area contributed by atoms with Crippen LogP contribution in [0.15, 0.2) is 24.5 Å². The van der Waals surface area contributed by atoms with Crippen LogP contribution in [0, 0.1) is 6.92 Å². The predicted octanol–water partition coefficient (Wildman–Crippen LogP) is 10.5. The Kier molecular flexibility index (Phi) is 39.5. The van der Waals surface area contributed by atoms with Crippen LogP contribution in [-0.4, -0.2) is 5.88 Å². The first-order valence-electron chi connectivity index (χ1n) is 18.3. The van der Waals surface area contributed by atoms with E-state index in [9.17, 15) is 0 Å². The van der Waals surface area contributed by atoms with Crippen LogP contribution < -0.4 is 17.0 Å². The zero-order valence-corrected chi connectivity index (χ0v) is 29.7. The third-order valence-corrected chi connectivity index (χ3v) is 8.58. The van der Waals surface area contributed by atoms with Gasteiger partial charge in [0.1, 0.15) is 6.54 Å². The van der Waals surface area contributed by atoms with Crippen LogP contribution in [0.25, 0.3) is 0 Å². The molecular weight excluding hydrogens is 541 g/mol. The van der Waals surface area contributed by atoms with Gasteiger partial charge in [0.15, 0.2) is 12.4 Å². The van der Waals surface area contributed by atoms with Gasteiger partial charge in [0, 0.05) is 24.4 Å². The van der Waals surface area contributed by atoms with Crippen LogP contribution in [-0.2, 0) is 6.54 Å². The molecule has 0 aliphatic heterocycles. The molecule has 0 spiro atoms. The number of rotatable bonds is 29. The number of hydrogen-bond acceptors (Lipinski definition) is 0. The lowest BCUT2D eigenvalue weighted by molar-refractivity contribution is -0.697. The first-order chi connectivity index (χ1) is 19.7. The molecule has 244 valence electrons. The largest absolute Gasteiger partial charge is 1.00 e. The zero-order chi connectivity index (χ0) is 29.2. The van der Waals surface area contributed by atoms with Crippen LogP contribution in [0.4, 0.5) is 0 Å². The molecule has 0 aliphatic rings. The second-order valence-corrected chi connectivity index (χ2v) is 12.9. The van der Waals surface area contributed by atoms with Crippen molar-refractivity contribution < 1.29 is 17.0 Å². The first-order valence-corrected chi connectivity index (χ1v) is 18.8. The Morgan fingerprint density at radius 1 is 0.439 bits per heavy atom. The number of hydrogen-bond donors (Lipinski definition) is 0. The summed E-state index contributed by atoms with van der Waals surface area (Å²) in [5.74, 6) is 0.845. The van der Waals surface area contributed by atoms with Crippen molar-refractivity contribution in [2.24, 2.45) is 0 Å². The predicted molar refractivity (Wildman–Crippen MR) is 183 cm³/mol. The fourth-order valence-electron chi connectivity index (χ4n) is 5.46. The quantitative estimate of drug-likeness (QED) is 0.0480. The van der Waals surface area contributed by atoms with Gasteiger partial charge < -0.3 is 12.4 Å². The summed E-state index contributed by atoms with van der Waals surface area (Å²) in [4.78, 5) is 0. The number of aromatic nitrogens is 1. The number of unbranched alkanes of at least 4 members (excludes halogenated alkanes) is 26. The Bertz CT molecular complexity index is 560. The number of halogens is 2. The second kappa shape index (κ2) is 37.8. The molecule has 0 unspecified atom stereocenters. The summed E-state index contributed by atoms with van der Waals surface area (Å²) < 4.78 is 2.31. The molecule has 1 aromatic rings. The van der Waals surface area contributed by atoms with Crippen molar-refractivity contribution in [3.05, 3.63) is 30.1 Å². The van der Waals surface area contributed by atoms with E-state index in [2.05, 4.69) is 49.9 Å². The smallest absolute Gasteiger partial charge is 0.169 e. The Morgan fingerprint density at radius 2 is 0.707 bits per heavy atom. The molecule has 1 heterocycles. The van der Waals surface area contributed by atoms with Crippen LogP contribution in [0.3, 0.4) is 0 Å². The molecule has 0 aromatic carbocycles. The van der Waals surface area contributed by atoms with Crippen molar-refractivity contribution in [3.8, 4) is 0 Å². The van der Waals surface area contributed by atoms with E-state index in [0.29, 0.717) is 0 Å². The standard InChI is InChI=1S/C22H40N.C16H33Cl.ClH/c1-3-4-5-6-7-8-9-10-11-12-13-14-15-16-19-23-20-17-22(2)18-21-23;1-2-3-4-5-6-7-8-9-10-11-12-13-14-15-16-17;/h17-18,20-21H,3-16,19H2,1-2H3;2-16H2,1H3;1H/q+1;;/p-1. The van der Waals surface area contributed by atoms with Crippen molar-refractivity contribution in [3.63, 3.8) is 0 Å². The maximum absolute atomic E-state index is 5.64. The zero-order valence-electron chi connectivity index (χ0n) is 28.2. The average molecular weight is 615 g/mol. The molecule has 0 atom stereocenters. The Morgan fingerprint density at radius 3 is 1.00 bits per heavy atom. The van der Waals surface area contributed by atoms with Gasteiger partial charge in [-0.3, -0.25) is 0 Å². The SMILES string of the molecule is CCCCCCCCCCCCCCCCCl.CCCCCCCCCCCCCCCC[n+]1ccc(C)cc1.[Cl-]. The molecule has 1 nitrogen and oxygen atoms in total. The number of alkyl halides is 1. The highest BCUT2D eigenvalue weighted by Gasteiger charge is 1.99. The molecule has 0 N–H and O–H groups in total.